The monoisotopic (exact) mass is 399 g/mol. The number of nitro groups is 1. The van der Waals surface area contributed by atoms with E-state index in [1.165, 1.54) is 6.07 Å². The molecule has 3 rings (SSSR count). The molecule has 1 aromatic carbocycles. The van der Waals surface area contributed by atoms with Crippen LogP contribution in [-0.2, 0) is 12.8 Å². The van der Waals surface area contributed by atoms with Crippen LogP contribution in [0.3, 0.4) is 0 Å². The summed E-state index contributed by atoms with van der Waals surface area (Å²) in [5.41, 5.74) is -1.36. The van der Waals surface area contributed by atoms with Crippen molar-refractivity contribution in [3.05, 3.63) is 57.1 Å². The van der Waals surface area contributed by atoms with Crippen molar-refractivity contribution < 1.29 is 18.1 Å². The van der Waals surface area contributed by atoms with E-state index in [1.54, 1.807) is 17.2 Å². The lowest BCUT2D eigenvalue weighted by Crippen LogP contribution is -2.47. The highest BCUT2D eigenvalue weighted by atomic mass is 32.1. The van der Waals surface area contributed by atoms with Gasteiger partial charge in [-0.05, 0) is 30.4 Å². The highest BCUT2D eigenvalue weighted by Crippen LogP contribution is 2.36. The van der Waals surface area contributed by atoms with Crippen molar-refractivity contribution in [2.45, 2.75) is 12.8 Å². The Labute approximate surface area is 157 Å². The number of alkyl halides is 3. The number of hydrogen-bond acceptors (Lipinski definition) is 6. The molecule has 0 saturated carbocycles. The van der Waals surface area contributed by atoms with Crippen LogP contribution in [0.5, 0.6) is 0 Å². The third-order valence-electron chi connectivity index (χ3n) is 4.35. The molecule has 1 fully saturated rings. The minimum atomic E-state index is -4.62. The highest BCUT2D eigenvalue weighted by molar-refractivity contribution is 7.71. The van der Waals surface area contributed by atoms with Crippen LogP contribution in [0.1, 0.15) is 5.56 Å². The Bertz CT molecular complexity index is 894. The van der Waals surface area contributed by atoms with E-state index in [1.807, 2.05) is 10.8 Å². The molecule has 1 aromatic heterocycles. The van der Waals surface area contributed by atoms with Crippen LogP contribution in [0, 0.1) is 14.9 Å². The summed E-state index contributed by atoms with van der Waals surface area (Å²) in [5, 5.41) is 11.3. The molecule has 0 amide bonds. The van der Waals surface area contributed by atoms with Gasteiger partial charge in [0.15, 0.2) is 0 Å². The number of hydrogen-bond donors (Lipinski definition) is 0. The molecule has 2 aromatic rings. The summed E-state index contributed by atoms with van der Waals surface area (Å²) in [6.45, 7) is 2.64. The van der Waals surface area contributed by atoms with E-state index in [2.05, 4.69) is 9.88 Å². The highest BCUT2D eigenvalue weighted by Gasteiger charge is 2.34. The van der Waals surface area contributed by atoms with Crippen molar-refractivity contribution in [3.63, 3.8) is 0 Å². The summed E-state index contributed by atoms with van der Waals surface area (Å²) >= 11 is 5.16. The van der Waals surface area contributed by atoms with Gasteiger partial charge in [-0.2, -0.15) is 13.2 Å². The van der Waals surface area contributed by atoms with Gasteiger partial charge in [-0.15, -0.1) is 0 Å². The zero-order chi connectivity index (χ0) is 19.6. The maximum absolute atomic E-state index is 12.8. The lowest BCUT2D eigenvalue weighted by Gasteiger charge is -2.36. The van der Waals surface area contributed by atoms with Gasteiger partial charge in [0.05, 0.1) is 17.2 Å². The van der Waals surface area contributed by atoms with Crippen molar-refractivity contribution in [3.8, 4) is 0 Å². The van der Waals surface area contributed by atoms with Crippen molar-refractivity contribution >= 4 is 23.6 Å². The molecule has 1 aliphatic heterocycles. The Hall–Kier alpha value is -2.53. The summed E-state index contributed by atoms with van der Waals surface area (Å²) in [5.74, 6) is 0. The molecule has 1 saturated heterocycles. The van der Waals surface area contributed by atoms with Gasteiger partial charge in [-0.25, -0.2) is 4.98 Å². The SMILES string of the molecule is O=[N+]([O-])c1cc(C(F)(F)F)ccc1N1CCN(Cn2cccnc2=S)CC1. The number of anilines is 1. The Kier molecular flexibility index (Phi) is 5.42. The van der Waals surface area contributed by atoms with E-state index in [0.29, 0.717) is 43.7 Å². The zero-order valence-corrected chi connectivity index (χ0v) is 14.9. The third kappa shape index (κ3) is 4.42. The molecule has 2 heterocycles. The summed E-state index contributed by atoms with van der Waals surface area (Å²) in [6, 6.07) is 4.42. The number of nitrogens with zero attached hydrogens (tertiary/aromatic N) is 5. The molecule has 11 heteroatoms. The number of aromatic nitrogens is 2. The topological polar surface area (TPSA) is 67.4 Å². The summed E-state index contributed by atoms with van der Waals surface area (Å²) in [4.78, 5) is 18.4. The fraction of sp³-hybridized carbons (Fsp3) is 0.375. The third-order valence-corrected chi connectivity index (χ3v) is 4.69. The first kappa shape index (κ1) is 19.2. The minimum absolute atomic E-state index is 0.200. The van der Waals surface area contributed by atoms with E-state index in [4.69, 9.17) is 12.2 Å². The lowest BCUT2D eigenvalue weighted by atomic mass is 10.1. The van der Waals surface area contributed by atoms with Gasteiger partial charge in [-0.1, -0.05) is 0 Å². The van der Waals surface area contributed by atoms with E-state index in [-0.39, 0.29) is 5.69 Å². The molecule has 0 N–H and O–H groups in total. The van der Waals surface area contributed by atoms with Gasteiger partial charge < -0.3 is 9.47 Å². The standard InChI is InChI=1S/C16H16F3N5O2S/c17-16(18,19)12-2-3-13(14(10-12)24(25)26)22-8-6-21(7-9-22)11-23-5-1-4-20-15(23)27/h1-5,10H,6-9,11H2. The summed E-state index contributed by atoms with van der Waals surface area (Å²) < 4.78 is 40.8. The van der Waals surface area contributed by atoms with Crippen LogP contribution in [0.2, 0.25) is 0 Å². The van der Waals surface area contributed by atoms with E-state index in [0.717, 1.165) is 6.07 Å². The predicted molar refractivity (Wildman–Crippen MR) is 94.9 cm³/mol. The smallest absolute Gasteiger partial charge is 0.363 e. The van der Waals surface area contributed by atoms with Crippen molar-refractivity contribution in [2.75, 3.05) is 31.1 Å². The Morgan fingerprint density at radius 1 is 1.22 bits per heavy atom. The van der Waals surface area contributed by atoms with Crippen molar-refractivity contribution in [1.82, 2.24) is 14.5 Å². The second-order valence-corrected chi connectivity index (χ2v) is 6.44. The molecule has 7 nitrogen and oxygen atoms in total. The van der Waals surface area contributed by atoms with Gasteiger partial charge in [-0.3, -0.25) is 15.0 Å². The van der Waals surface area contributed by atoms with Crippen LogP contribution in [0.4, 0.5) is 24.5 Å². The van der Waals surface area contributed by atoms with Gasteiger partial charge in [0.1, 0.15) is 5.69 Å². The fourth-order valence-electron chi connectivity index (χ4n) is 2.95. The largest absolute Gasteiger partial charge is 0.416 e. The van der Waals surface area contributed by atoms with E-state index >= 15 is 0 Å². The number of nitro benzene ring substituents is 1. The number of rotatable bonds is 4. The first-order valence-electron chi connectivity index (χ1n) is 8.10. The molecule has 0 aliphatic carbocycles. The van der Waals surface area contributed by atoms with Gasteiger partial charge >= 0.3 is 6.18 Å². The molecule has 27 heavy (non-hydrogen) atoms. The average molecular weight is 399 g/mol. The molecule has 1 aliphatic rings. The van der Waals surface area contributed by atoms with Crippen LogP contribution < -0.4 is 4.90 Å². The molecule has 0 unspecified atom stereocenters. The molecular formula is C16H16F3N5O2S. The Morgan fingerprint density at radius 3 is 2.52 bits per heavy atom. The first-order valence-corrected chi connectivity index (χ1v) is 8.51. The van der Waals surface area contributed by atoms with Gasteiger partial charge in [0, 0.05) is 44.6 Å². The second-order valence-electron chi connectivity index (χ2n) is 6.08. The summed E-state index contributed by atoms with van der Waals surface area (Å²) in [7, 11) is 0. The lowest BCUT2D eigenvalue weighted by molar-refractivity contribution is -0.384. The van der Waals surface area contributed by atoms with Crippen LogP contribution in [0.25, 0.3) is 0 Å². The second kappa shape index (κ2) is 7.61. The van der Waals surface area contributed by atoms with E-state index in [9.17, 15) is 23.3 Å². The van der Waals surface area contributed by atoms with Crippen LogP contribution in [-0.4, -0.2) is 45.6 Å². The van der Waals surface area contributed by atoms with E-state index < -0.39 is 22.4 Å². The van der Waals surface area contributed by atoms with Gasteiger partial charge in [0.2, 0.25) is 4.77 Å². The first-order chi connectivity index (χ1) is 12.8. The molecule has 0 spiro atoms. The number of halogens is 3. The molecule has 0 bridgehead atoms. The minimum Gasteiger partial charge on any atom is -0.363 e. The maximum Gasteiger partial charge on any atom is 0.416 e. The molecule has 0 radical (unpaired) electrons. The van der Waals surface area contributed by atoms with Gasteiger partial charge in [0.25, 0.3) is 5.69 Å². The van der Waals surface area contributed by atoms with Crippen molar-refractivity contribution in [1.29, 1.82) is 0 Å². The molecule has 0 atom stereocenters. The van der Waals surface area contributed by atoms with Crippen molar-refractivity contribution in [2.24, 2.45) is 0 Å². The van der Waals surface area contributed by atoms with Crippen LogP contribution in [0.15, 0.2) is 36.7 Å². The zero-order valence-electron chi connectivity index (χ0n) is 14.1. The fourth-order valence-corrected chi connectivity index (χ4v) is 3.13. The maximum atomic E-state index is 12.8. The Balaban J connectivity index is 1.73. The predicted octanol–water partition coefficient (Wildman–Crippen LogP) is 3.32. The Morgan fingerprint density at radius 2 is 1.93 bits per heavy atom. The quantitative estimate of drug-likeness (QED) is 0.446. The molecule has 144 valence electrons. The number of benzene rings is 1. The normalized spacial score (nSPS) is 15.7. The van der Waals surface area contributed by atoms with Crippen LogP contribution >= 0.6 is 12.2 Å². The molecular weight excluding hydrogens is 383 g/mol. The number of piperazine rings is 1. The summed E-state index contributed by atoms with van der Waals surface area (Å²) in [6.07, 6.45) is -1.19. The average Bonchev–Trinajstić information content (AvgIpc) is 2.63.